The van der Waals surface area contributed by atoms with Crippen molar-refractivity contribution >= 4 is 17.2 Å². The summed E-state index contributed by atoms with van der Waals surface area (Å²) < 4.78 is 7.56. The summed E-state index contributed by atoms with van der Waals surface area (Å²) in [6, 6.07) is 3.97. The number of rotatable bonds is 2. The van der Waals surface area contributed by atoms with Crippen molar-refractivity contribution in [2.75, 3.05) is 19.8 Å². The number of carbonyl (C=O) groups excluding carboxylic acids is 1. The van der Waals surface area contributed by atoms with Crippen molar-refractivity contribution in [3.05, 3.63) is 40.6 Å². The summed E-state index contributed by atoms with van der Waals surface area (Å²) >= 11 is 1.44. The van der Waals surface area contributed by atoms with Gasteiger partial charge in [-0.25, -0.2) is 4.98 Å². The fraction of sp³-hybridized carbons (Fsp3) is 0.385. The van der Waals surface area contributed by atoms with E-state index in [-0.39, 0.29) is 11.9 Å². The van der Waals surface area contributed by atoms with E-state index in [0.717, 1.165) is 5.69 Å². The van der Waals surface area contributed by atoms with Crippen LogP contribution in [0.15, 0.2) is 29.2 Å². The fourth-order valence-corrected chi connectivity index (χ4v) is 2.90. The van der Waals surface area contributed by atoms with E-state index < -0.39 is 0 Å². The monoisotopic (exact) mass is 277 g/mol. The number of morpholine rings is 1. The zero-order valence-corrected chi connectivity index (χ0v) is 11.5. The van der Waals surface area contributed by atoms with Gasteiger partial charge in [0.25, 0.3) is 5.91 Å². The average Bonchev–Trinajstić information content (AvgIpc) is 3.09. The van der Waals surface area contributed by atoms with Crippen LogP contribution >= 0.6 is 11.3 Å². The van der Waals surface area contributed by atoms with Gasteiger partial charge in [0, 0.05) is 30.9 Å². The number of carbonyl (C=O) groups is 1. The number of amides is 1. The van der Waals surface area contributed by atoms with Crippen LogP contribution in [0.25, 0.3) is 0 Å². The van der Waals surface area contributed by atoms with Crippen molar-refractivity contribution in [3.8, 4) is 0 Å². The number of hydrogen-bond donors (Lipinski definition) is 0. The molecule has 1 atom stereocenters. The number of hydrogen-bond acceptors (Lipinski definition) is 4. The highest BCUT2D eigenvalue weighted by Crippen LogP contribution is 2.25. The lowest BCUT2D eigenvalue weighted by Gasteiger charge is -2.35. The molecule has 6 heteroatoms. The molecule has 1 amide bonds. The van der Waals surface area contributed by atoms with Gasteiger partial charge in [-0.3, -0.25) is 4.79 Å². The third-order valence-electron chi connectivity index (χ3n) is 3.37. The zero-order valence-electron chi connectivity index (χ0n) is 10.7. The van der Waals surface area contributed by atoms with E-state index in [2.05, 4.69) is 4.98 Å². The fourth-order valence-electron chi connectivity index (χ4n) is 2.38. The second kappa shape index (κ2) is 5.14. The molecule has 0 N–H and O–H groups in total. The highest BCUT2D eigenvalue weighted by molar-refractivity contribution is 7.07. The molecule has 3 rings (SSSR count). The van der Waals surface area contributed by atoms with Gasteiger partial charge in [-0.2, -0.15) is 0 Å². The topological polar surface area (TPSA) is 47.4 Å². The molecule has 2 aromatic heterocycles. The normalized spacial score (nSPS) is 19.6. The molecule has 0 bridgehead atoms. The zero-order chi connectivity index (χ0) is 13.2. The lowest BCUT2D eigenvalue weighted by Crippen LogP contribution is -2.44. The summed E-state index contributed by atoms with van der Waals surface area (Å²) in [5, 5.41) is 1.79. The van der Waals surface area contributed by atoms with Crippen molar-refractivity contribution in [2.24, 2.45) is 7.05 Å². The molecule has 0 saturated carbocycles. The van der Waals surface area contributed by atoms with Gasteiger partial charge >= 0.3 is 0 Å². The number of thiazole rings is 1. The van der Waals surface area contributed by atoms with Crippen LogP contribution < -0.4 is 0 Å². The lowest BCUT2D eigenvalue weighted by atomic mass is 10.1. The third-order valence-corrected chi connectivity index (χ3v) is 3.95. The predicted molar refractivity (Wildman–Crippen MR) is 72.1 cm³/mol. The summed E-state index contributed by atoms with van der Waals surface area (Å²) in [5.74, 6) is -0.0178. The number of nitrogens with zero attached hydrogens (tertiary/aromatic N) is 3. The van der Waals surface area contributed by atoms with Crippen LogP contribution in [-0.2, 0) is 11.8 Å². The molecule has 3 heterocycles. The molecule has 5 nitrogen and oxygen atoms in total. The van der Waals surface area contributed by atoms with Crippen LogP contribution in [0.3, 0.4) is 0 Å². The maximum absolute atomic E-state index is 12.5. The molecule has 0 aromatic carbocycles. The summed E-state index contributed by atoms with van der Waals surface area (Å²) in [5.41, 5.74) is 3.29. The first-order valence-electron chi connectivity index (χ1n) is 6.15. The molecule has 1 fully saturated rings. The van der Waals surface area contributed by atoms with Crippen LogP contribution in [0.1, 0.15) is 22.2 Å². The summed E-state index contributed by atoms with van der Waals surface area (Å²) in [7, 11) is 1.98. The molecule has 1 saturated heterocycles. The van der Waals surface area contributed by atoms with Gasteiger partial charge in [0.2, 0.25) is 0 Å². The first kappa shape index (κ1) is 12.4. The standard InChI is InChI=1S/C13H15N3O2S/c1-15-4-2-3-11(15)12-7-18-6-5-16(12)13(17)10-8-19-9-14-10/h2-4,8-9,12H,5-7H2,1H3. The maximum atomic E-state index is 12.5. The Morgan fingerprint density at radius 1 is 1.58 bits per heavy atom. The van der Waals surface area contributed by atoms with Crippen LogP contribution in [0.2, 0.25) is 0 Å². The highest BCUT2D eigenvalue weighted by atomic mass is 32.1. The Kier molecular flexibility index (Phi) is 3.35. The summed E-state index contributed by atoms with van der Waals surface area (Å²) in [4.78, 5) is 18.4. The Hall–Kier alpha value is -1.66. The van der Waals surface area contributed by atoms with Crippen LogP contribution in [-0.4, -0.2) is 40.1 Å². The Balaban J connectivity index is 1.90. The second-order valence-electron chi connectivity index (χ2n) is 4.51. The molecule has 0 spiro atoms. The number of aromatic nitrogens is 2. The molecule has 1 aliphatic heterocycles. The minimum absolute atomic E-state index is 0.0178. The van der Waals surface area contributed by atoms with Crippen molar-refractivity contribution in [1.29, 1.82) is 0 Å². The van der Waals surface area contributed by atoms with E-state index in [0.29, 0.717) is 25.5 Å². The van der Waals surface area contributed by atoms with Crippen molar-refractivity contribution < 1.29 is 9.53 Å². The van der Waals surface area contributed by atoms with Crippen LogP contribution in [0.4, 0.5) is 0 Å². The van der Waals surface area contributed by atoms with Crippen molar-refractivity contribution in [1.82, 2.24) is 14.5 Å². The Morgan fingerprint density at radius 2 is 2.47 bits per heavy atom. The smallest absolute Gasteiger partial charge is 0.274 e. The number of ether oxygens (including phenoxy) is 1. The van der Waals surface area contributed by atoms with Gasteiger partial charge in [0.05, 0.1) is 24.8 Å². The molecular formula is C13H15N3O2S. The largest absolute Gasteiger partial charge is 0.377 e. The summed E-state index contributed by atoms with van der Waals surface area (Å²) in [6.45, 7) is 1.72. The molecule has 1 unspecified atom stereocenters. The predicted octanol–water partition coefficient (Wildman–Crippen LogP) is 1.70. The van der Waals surface area contributed by atoms with E-state index in [1.807, 2.05) is 34.8 Å². The SMILES string of the molecule is Cn1cccc1C1COCCN1C(=O)c1cscn1. The van der Waals surface area contributed by atoms with Crippen molar-refractivity contribution in [2.45, 2.75) is 6.04 Å². The molecular weight excluding hydrogens is 262 g/mol. The first-order valence-corrected chi connectivity index (χ1v) is 7.10. The third kappa shape index (κ3) is 2.29. The Bertz CT molecular complexity index is 564. The molecule has 0 radical (unpaired) electrons. The van der Waals surface area contributed by atoms with Gasteiger partial charge in [0.1, 0.15) is 5.69 Å². The molecule has 1 aliphatic rings. The summed E-state index contributed by atoms with van der Waals surface area (Å²) in [6.07, 6.45) is 1.98. The van der Waals surface area contributed by atoms with E-state index in [9.17, 15) is 4.79 Å². The molecule has 100 valence electrons. The van der Waals surface area contributed by atoms with E-state index in [1.165, 1.54) is 11.3 Å². The minimum atomic E-state index is -0.0389. The molecule has 2 aromatic rings. The van der Waals surface area contributed by atoms with Crippen LogP contribution in [0, 0.1) is 0 Å². The minimum Gasteiger partial charge on any atom is -0.377 e. The van der Waals surface area contributed by atoms with Gasteiger partial charge in [-0.1, -0.05) is 0 Å². The van der Waals surface area contributed by atoms with Gasteiger partial charge in [-0.05, 0) is 12.1 Å². The highest BCUT2D eigenvalue weighted by Gasteiger charge is 2.31. The van der Waals surface area contributed by atoms with Gasteiger partial charge in [-0.15, -0.1) is 11.3 Å². The van der Waals surface area contributed by atoms with E-state index in [4.69, 9.17) is 4.74 Å². The number of aryl methyl sites for hydroxylation is 1. The quantitative estimate of drug-likeness (QED) is 0.839. The maximum Gasteiger partial charge on any atom is 0.274 e. The molecule has 19 heavy (non-hydrogen) atoms. The van der Waals surface area contributed by atoms with E-state index >= 15 is 0 Å². The second-order valence-corrected chi connectivity index (χ2v) is 5.23. The van der Waals surface area contributed by atoms with Gasteiger partial charge in [0.15, 0.2) is 0 Å². The Labute approximate surface area is 115 Å². The lowest BCUT2D eigenvalue weighted by molar-refractivity contribution is -0.00489. The Morgan fingerprint density at radius 3 is 3.16 bits per heavy atom. The van der Waals surface area contributed by atoms with Crippen molar-refractivity contribution in [3.63, 3.8) is 0 Å². The average molecular weight is 277 g/mol. The van der Waals surface area contributed by atoms with Crippen LogP contribution in [0.5, 0.6) is 0 Å². The van der Waals surface area contributed by atoms with Gasteiger partial charge < -0.3 is 14.2 Å². The van der Waals surface area contributed by atoms with E-state index in [1.54, 1.807) is 10.9 Å². The molecule has 0 aliphatic carbocycles. The first-order chi connectivity index (χ1) is 9.27.